The number of carbonyl (C=O) groups excluding carboxylic acids is 1. The van der Waals surface area contributed by atoms with Gasteiger partial charge in [-0.2, -0.15) is 0 Å². The van der Waals surface area contributed by atoms with E-state index in [4.69, 9.17) is 5.11 Å². The van der Waals surface area contributed by atoms with Crippen molar-refractivity contribution < 1.29 is 9.90 Å². The highest BCUT2D eigenvalue weighted by Gasteiger charge is 2.23. The molecule has 2 aromatic heterocycles. The molecular weight excluding hydrogens is 228 g/mol. The Morgan fingerprint density at radius 3 is 3.00 bits per heavy atom. The van der Waals surface area contributed by atoms with Crippen LogP contribution < -0.4 is 5.56 Å². The van der Waals surface area contributed by atoms with Crippen LogP contribution >= 0.6 is 11.3 Å². The van der Waals surface area contributed by atoms with Crippen LogP contribution in [-0.4, -0.2) is 21.0 Å². The van der Waals surface area contributed by atoms with Crippen molar-refractivity contribution in [2.75, 3.05) is 0 Å². The Morgan fingerprint density at radius 2 is 2.25 bits per heavy atom. The van der Waals surface area contributed by atoms with Crippen LogP contribution in [0.25, 0.3) is 10.2 Å². The molecule has 0 amide bonds. The summed E-state index contributed by atoms with van der Waals surface area (Å²) in [5, 5.41) is 7.56. The molecular formula is C10H9N2O3S+. The van der Waals surface area contributed by atoms with E-state index < -0.39 is 5.97 Å². The number of hydrogen-bond donors (Lipinski definition) is 1. The lowest BCUT2D eigenvalue weighted by atomic mass is 10.2. The smallest absolute Gasteiger partial charge is 0.559 e. The number of thiophene rings is 1. The van der Waals surface area contributed by atoms with Gasteiger partial charge in [0.05, 0.1) is 10.2 Å². The van der Waals surface area contributed by atoms with Crippen LogP contribution in [0.15, 0.2) is 4.79 Å². The zero-order chi connectivity index (χ0) is 11.3. The van der Waals surface area contributed by atoms with E-state index in [0.29, 0.717) is 10.2 Å². The summed E-state index contributed by atoms with van der Waals surface area (Å²) in [7, 11) is 0. The zero-order valence-electron chi connectivity index (χ0n) is 8.29. The number of aryl methyl sites for hydroxylation is 2. The van der Waals surface area contributed by atoms with Crippen molar-refractivity contribution in [1.29, 1.82) is 0 Å². The second-order valence-corrected chi connectivity index (χ2v) is 4.86. The average Bonchev–Trinajstić information content (AvgIpc) is 2.75. The quantitative estimate of drug-likeness (QED) is 0.725. The van der Waals surface area contributed by atoms with Crippen molar-refractivity contribution in [2.45, 2.75) is 19.3 Å². The molecule has 0 saturated heterocycles. The minimum Gasteiger partial charge on any atom is -0.559 e. The number of hydrogen-bond acceptors (Lipinski definition) is 4. The van der Waals surface area contributed by atoms with Crippen LogP contribution in [0.1, 0.15) is 27.5 Å². The molecule has 0 spiro atoms. The van der Waals surface area contributed by atoms with E-state index in [1.807, 2.05) is 0 Å². The highest BCUT2D eigenvalue weighted by molar-refractivity contribution is 7.18. The molecule has 0 atom stereocenters. The molecule has 2 aromatic rings. The lowest BCUT2D eigenvalue weighted by Crippen LogP contribution is -2.15. The van der Waals surface area contributed by atoms with Gasteiger partial charge >= 0.3 is 5.97 Å². The lowest BCUT2D eigenvalue weighted by Gasteiger charge is -1.93. The maximum absolute atomic E-state index is 11.8. The Labute approximate surface area is 93.8 Å². The van der Waals surface area contributed by atoms with Gasteiger partial charge in [-0.15, -0.1) is 11.3 Å². The van der Waals surface area contributed by atoms with Gasteiger partial charge in [-0.3, -0.25) is 9.78 Å². The van der Waals surface area contributed by atoms with Crippen LogP contribution in [-0.2, 0) is 12.8 Å². The Balaban J connectivity index is 2.38. The zero-order valence-corrected chi connectivity index (χ0v) is 9.11. The Hall–Kier alpha value is -1.69. The third-order valence-electron chi connectivity index (χ3n) is 2.79. The monoisotopic (exact) mass is 237 g/mol. The molecule has 1 aliphatic carbocycles. The third kappa shape index (κ3) is 1.19. The predicted molar refractivity (Wildman–Crippen MR) is 60.2 cm³/mol. The van der Waals surface area contributed by atoms with E-state index in [-0.39, 0.29) is 11.4 Å². The van der Waals surface area contributed by atoms with Crippen molar-refractivity contribution >= 4 is 27.5 Å². The van der Waals surface area contributed by atoms with E-state index in [0.717, 1.165) is 24.8 Å². The number of rotatable bonds is 1. The van der Waals surface area contributed by atoms with Gasteiger partial charge in [0, 0.05) is 4.88 Å². The van der Waals surface area contributed by atoms with Gasteiger partial charge in [-0.25, -0.2) is 4.98 Å². The van der Waals surface area contributed by atoms with Gasteiger partial charge in [0.1, 0.15) is 4.83 Å². The van der Waals surface area contributed by atoms with Crippen molar-refractivity contribution in [3.63, 3.8) is 0 Å². The van der Waals surface area contributed by atoms with Gasteiger partial charge in [0.2, 0.25) is 0 Å². The molecule has 0 radical (unpaired) electrons. The summed E-state index contributed by atoms with van der Waals surface area (Å²) in [4.78, 5) is 30.8. The molecule has 3 rings (SSSR count). The number of H-pyrrole nitrogens is 1. The summed E-state index contributed by atoms with van der Waals surface area (Å²) >= 11 is 1.47. The largest absolute Gasteiger partial charge is 0.585 e. The second-order valence-electron chi connectivity index (χ2n) is 3.78. The van der Waals surface area contributed by atoms with Crippen LogP contribution in [0.2, 0.25) is 0 Å². The average molecular weight is 237 g/mol. The first-order chi connectivity index (χ1) is 7.66. The van der Waals surface area contributed by atoms with Gasteiger partial charge < -0.3 is 5.11 Å². The molecule has 16 heavy (non-hydrogen) atoms. The molecule has 3 N–H and O–H groups in total. The van der Waals surface area contributed by atoms with Crippen LogP contribution in [0, 0.1) is 0 Å². The summed E-state index contributed by atoms with van der Waals surface area (Å²) in [5.74, 6) is -1.12. The summed E-state index contributed by atoms with van der Waals surface area (Å²) in [6.07, 6.45) is 2.98. The highest BCUT2D eigenvalue weighted by atomic mass is 32.1. The fourth-order valence-corrected chi connectivity index (χ4v) is 3.37. The standard InChI is InChI=1S/C10H8N2O3S/c13-8-6-4-2-1-3-5(4)16-9(6)12-7(11-8)10(14)15/h1-3H2,(H,14,15)(H,11,12,13)/p+1. The Bertz CT molecular complexity index is 656. The van der Waals surface area contributed by atoms with E-state index in [1.165, 1.54) is 16.2 Å². The normalized spacial score (nSPS) is 14.2. The lowest BCUT2D eigenvalue weighted by molar-refractivity contribution is 0.0683. The van der Waals surface area contributed by atoms with Gasteiger partial charge in [-0.05, 0) is 24.8 Å². The number of aromatic nitrogens is 2. The molecule has 82 valence electrons. The van der Waals surface area contributed by atoms with Gasteiger partial charge in [-0.1, -0.05) is 0 Å². The Morgan fingerprint density at radius 1 is 1.44 bits per heavy atom. The number of aromatic amines is 1. The molecule has 2 heterocycles. The summed E-state index contributed by atoms with van der Waals surface area (Å²) in [5.41, 5.74) is 0.790. The van der Waals surface area contributed by atoms with Crippen molar-refractivity contribution in [1.82, 2.24) is 9.97 Å². The fraction of sp³-hybridized carbons (Fsp3) is 0.300. The number of nitrogens with zero attached hydrogens (tertiary/aromatic N) is 1. The highest BCUT2D eigenvalue weighted by Crippen LogP contribution is 2.34. The van der Waals surface area contributed by atoms with E-state index >= 15 is 0 Å². The van der Waals surface area contributed by atoms with E-state index in [2.05, 4.69) is 9.97 Å². The fourth-order valence-electron chi connectivity index (χ4n) is 2.11. The number of carbonyl (C=O) groups is 1. The summed E-state index contributed by atoms with van der Waals surface area (Å²) in [6, 6.07) is 0. The van der Waals surface area contributed by atoms with Crippen LogP contribution in [0.4, 0.5) is 0 Å². The first-order valence-corrected chi connectivity index (χ1v) is 5.79. The molecule has 0 bridgehead atoms. The third-order valence-corrected chi connectivity index (χ3v) is 3.98. The first kappa shape index (κ1) is 9.53. The Kier molecular flexibility index (Phi) is 1.88. The van der Waals surface area contributed by atoms with Gasteiger partial charge in [0.25, 0.3) is 11.4 Å². The van der Waals surface area contributed by atoms with Crippen molar-refractivity contribution in [2.24, 2.45) is 0 Å². The molecule has 0 saturated carbocycles. The minimum absolute atomic E-state index is 0.169. The summed E-state index contributed by atoms with van der Waals surface area (Å²) in [6.45, 7) is 0. The van der Waals surface area contributed by atoms with Crippen molar-refractivity contribution in [3.8, 4) is 0 Å². The minimum atomic E-state index is -0.951. The van der Waals surface area contributed by atoms with Crippen LogP contribution in [0.5, 0.6) is 0 Å². The SMILES string of the molecule is O=C([OH2+])c1nc2sc3c(c2c(=O)[nH]1)CCC3. The molecule has 5 nitrogen and oxygen atoms in total. The van der Waals surface area contributed by atoms with Crippen LogP contribution in [0.3, 0.4) is 0 Å². The van der Waals surface area contributed by atoms with E-state index in [1.54, 1.807) is 0 Å². The maximum atomic E-state index is 11.8. The predicted octanol–water partition coefficient (Wildman–Crippen LogP) is 0.338. The second kappa shape index (κ2) is 3.15. The van der Waals surface area contributed by atoms with E-state index in [9.17, 15) is 9.59 Å². The number of nitrogens with one attached hydrogen (secondary N) is 1. The van der Waals surface area contributed by atoms with Gasteiger partial charge in [0.15, 0.2) is 0 Å². The van der Waals surface area contributed by atoms with Crippen molar-refractivity contribution in [3.05, 3.63) is 26.6 Å². The first-order valence-electron chi connectivity index (χ1n) is 4.97. The molecule has 1 aliphatic rings. The molecule has 0 fully saturated rings. The molecule has 6 heteroatoms. The number of fused-ring (bicyclic) bond motifs is 3. The molecule has 0 aromatic carbocycles. The maximum Gasteiger partial charge on any atom is 0.585 e. The molecule has 0 aliphatic heterocycles. The topological polar surface area (TPSA) is 85.7 Å². The summed E-state index contributed by atoms with van der Waals surface area (Å²) < 4.78 is 0. The molecule has 0 unspecified atom stereocenters.